The van der Waals surface area contributed by atoms with Crippen LogP contribution in [0.3, 0.4) is 0 Å². The summed E-state index contributed by atoms with van der Waals surface area (Å²) >= 11 is 0. The highest BCUT2D eigenvalue weighted by molar-refractivity contribution is 6.04. The molecule has 2 unspecified atom stereocenters. The van der Waals surface area contributed by atoms with Gasteiger partial charge in [-0.05, 0) is 35.9 Å². The molecule has 2 amide bonds. The molecule has 2 heterocycles. The van der Waals surface area contributed by atoms with Gasteiger partial charge in [0.25, 0.3) is 5.91 Å². The van der Waals surface area contributed by atoms with Crippen molar-refractivity contribution < 1.29 is 14.3 Å². The number of aromatic nitrogens is 1. The van der Waals surface area contributed by atoms with Crippen molar-refractivity contribution in [1.82, 2.24) is 10.3 Å². The van der Waals surface area contributed by atoms with Crippen molar-refractivity contribution in [2.75, 3.05) is 11.9 Å². The predicted octanol–water partition coefficient (Wildman–Crippen LogP) is 2.97. The molecule has 0 fully saturated rings. The molecule has 1 aliphatic rings. The molecule has 152 valence electrons. The van der Waals surface area contributed by atoms with E-state index in [1.54, 1.807) is 48.8 Å². The Hall–Kier alpha value is -3.71. The zero-order chi connectivity index (χ0) is 20.9. The maximum Gasteiger partial charge on any atom is 0.255 e. The molecule has 4 rings (SSSR count). The first-order valence-electron chi connectivity index (χ1n) is 9.68. The van der Waals surface area contributed by atoms with Crippen LogP contribution in [-0.4, -0.2) is 23.4 Å². The van der Waals surface area contributed by atoms with Crippen LogP contribution >= 0.6 is 0 Å². The fourth-order valence-corrected chi connectivity index (χ4v) is 3.37. The smallest absolute Gasteiger partial charge is 0.255 e. The van der Waals surface area contributed by atoms with E-state index in [0.29, 0.717) is 17.9 Å². The monoisotopic (exact) mass is 402 g/mol. The molecule has 2 aromatic carbocycles. The average molecular weight is 402 g/mol. The van der Waals surface area contributed by atoms with E-state index >= 15 is 0 Å². The number of nitrogens with zero attached hydrogens (tertiary/aromatic N) is 1. The van der Waals surface area contributed by atoms with Gasteiger partial charge in [-0.3, -0.25) is 14.6 Å². The number of nitrogens with one attached hydrogen (secondary N) is 2. The molecular formula is C23H22N4O3. The van der Waals surface area contributed by atoms with E-state index in [1.807, 2.05) is 24.3 Å². The van der Waals surface area contributed by atoms with Crippen LogP contribution in [-0.2, 0) is 4.79 Å². The number of para-hydroxylation sites is 1. The Bertz CT molecular complexity index is 1040. The van der Waals surface area contributed by atoms with Gasteiger partial charge in [0.2, 0.25) is 5.91 Å². The zero-order valence-corrected chi connectivity index (χ0v) is 16.2. The molecule has 7 heteroatoms. The van der Waals surface area contributed by atoms with Crippen LogP contribution in [0, 0.1) is 0 Å². The normalized spacial score (nSPS) is 15.6. The molecule has 1 aromatic heterocycles. The minimum absolute atomic E-state index is 0.140. The van der Waals surface area contributed by atoms with E-state index in [0.717, 1.165) is 16.9 Å². The van der Waals surface area contributed by atoms with E-state index in [4.69, 9.17) is 10.5 Å². The number of carbonyl (C=O) groups excluding carboxylic acids is 2. The molecule has 0 saturated carbocycles. The van der Waals surface area contributed by atoms with Crippen LogP contribution < -0.4 is 21.1 Å². The third-order valence-corrected chi connectivity index (χ3v) is 4.98. The second kappa shape index (κ2) is 8.75. The third-order valence-electron chi connectivity index (χ3n) is 4.98. The van der Waals surface area contributed by atoms with E-state index in [9.17, 15) is 9.59 Å². The summed E-state index contributed by atoms with van der Waals surface area (Å²) in [6.45, 7) is 0.418. The molecule has 0 saturated heterocycles. The number of nitrogens with two attached hydrogens (primary N) is 1. The molecule has 4 N–H and O–H groups in total. The molecule has 0 radical (unpaired) electrons. The lowest BCUT2D eigenvalue weighted by molar-refractivity contribution is -0.122. The van der Waals surface area contributed by atoms with Crippen LogP contribution in [0.4, 0.5) is 5.69 Å². The minimum Gasteiger partial charge on any atom is -0.491 e. The number of fused-ring (bicyclic) bond motifs is 1. The van der Waals surface area contributed by atoms with Gasteiger partial charge < -0.3 is 21.1 Å². The highest BCUT2D eigenvalue weighted by Gasteiger charge is 2.25. The summed E-state index contributed by atoms with van der Waals surface area (Å²) in [5, 5.41) is 5.78. The van der Waals surface area contributed by atoms with Crippen LogP contribution in [0.2, 0.25) is 0 Å². The maximum absolute atomic E-state index is 12.5. The van der Waals surface area contributed by atoms with Crippen LogP contribution in [0.25, 0.3) is 0 Å². The lowest BCUT2D eigenvalue weighted by Crippen LogP contribution is -2.31. The van der Waals surface area contributed by atoms with Crippen molar-refractivity contribution >= 4 is 17.5 Å². The van der Waals surface area contributed by atoms with Gasteiger partial charge in [-0.15, -0.1) is 0 Å². The van der Waals surface area contributed by atoms with Crippen molar-refractivity contribution in [3.05, 3.63) is 89.7 Å². The summed E-state index contributed by atoms with van der Waals surface area (Å²) in [6.07, 6.45) is 3.36. The Morgan fingerprint density at radius 2 is 1.80 bits per heavy atom. The number of hydrogen-bond donors (Lipinski definition) is 3. The molecule has 0 bridgehead atoms. The van der Waals surface area contributed by atoms with Crippen molar-refractivity contribution in [2.45, 2.75) is 18.5 Å². The van der Waals surface area contributed by atoms with Crippen molar-refractivity contribution in [3.8, 4) is 5.75 Å². The Balaban J connectivity index is 1.33. The molecular weight excluding hydrogens is 380 g/mol. The number of carbonyl (C=O) groups is 2. The van der Waals surface area contributed by atoms with Gasteiger partial charge in [-0.25, -0.2) is 0 Å². The van der Waals surface area contributed by atoms with E-state index in [2.05, 4.69) is 15.6 Å². The van der Waals surface area contributed by atoms with Gasteiger partial charge in [-0.2, -0.15) is 0 Å². The van der Waals surface area contributed by atoms with Crippen LogP contribution in [0.1, 0.15) is 40.0 Å². The summed E-state index contributed by atoms with van der Waals surface area (Å²) in [5.41, 5.74) is 9.15. The molecule has 7 nitrogen and oxygen atoms in total. The standard InChI is InChI=1S/C23H22N4O3/c24-19(13-22(28)27-20-14-30-21-4-2-1-3-18(20)21)15-5-7-16(8-6-15)23(29)26-17-9-11-25-12-10-17/h1-12,19-20H,13-14,24H2,(H,27,28)(H,25,26,29). The van der Waals surface area contributed by atoms with Gasteiger partial charge in [0, 0.05) is 41.7 Å². The fourth-order valence-electron chi connectivity index (χ4n) is 3.37. The van der Waals surface area contributed by atoms with Gasteiger partial charge in [0.15, 0.2) is 0 Å². The van der Waals surface area contributed by atoms with Gasteiger partial charge in [0.1, 0.15) is 12.4 Å². The number of anilines is 1. The second-order valence-corrected chi connectivity index (χ2v) is 7.09. The summed E-state index contributed by atoms with van der Waals surface area (Å²) in [5.74, 6) is 0.430. The Morgan fingerprint density at radius 1 is 1.07 bits per heavy atom. The maximum atomic E-state index is 12.5. The summed E-state index contributed by atoms with van der Waals surface area (Å²) in [7, 11) is 0. The number of hydrogen-bond acceptors (Lipinski definition) is 5. The average Bonchev–Trinajstić information content (AvgIpc) is 3.17. The number of amides is 2. The molecule has 2 atom stereocenters. The van der Waals surface area contributed by atoms with Crippen molar-refractivity contribution in [2.24, 2.45) is 5.73 Å². The molecule has 3 aromatic rings. The van der Waals surface area contributed by atoms with Gasteiger partial charge in [0.05, 0.1) is 6.04 Å². The van der Waals surface area contributed by atoms with Crippen LogP contribution in [0.15, 0.2) is 73.1 Å². The van der Waals surface area contributed by atoms with Crippen molar-refractivity contribution in [1.29, 1.82) is 0 Å². The first kappa shape index (κ1) is 19.6. The lowest BCUT2D eigenvalue weighted by Gasteiger charge is -2.16. The summed E-state index contributed by atoms with van der Waals surface area (Å²) in [6, 6.07) is 17.4. The zero-order valence-electron chi connectivity index (χ0n) is 16.2. The number of benzene rings is 2. The first-order chi connectivity index (χ1) is 14.6. The highest BCUT2D eigenvalue weighted by Crippen LogP contribution is 2.31. The van der Waals surface area contributed by atoms with Gasteiger partial charge >= 0.3 is 0 Å². The summed E-state index contributed by atoms with van der Waals surface area (Å²) < 4.78 is 5.59. The molecule has 1 aliphatic heterocycles. The molecule has 0 spiro atoms. The number of rotatable bonds is 6. The van der Waals surface area contributed by atoms with E-state index in [1.165, 1.54) is 0 Å². The van der Waals surface area contributed by atoms with Gasteiger partial charge in [-0.1, -0.05) is 30.3 Å². The van der Waals surface area contributed by atoms with E-state index < -0.39 is 6.04 Å². The molecule has 30 heavy (non-hydrogen) atoms. The topological polar surface area (TPSA) is 106 Å². The Kier molecular flexibility index (Phi) is 5.72. The van der Waals surface area contributed by atoms with E-state index in [-0.39, 0.29) is 24.3 Å². The fraction of sp³-hybridized carbons (Fsp3) is 0.174. The number of ether oxygens (including phenoxy) is 1. The quantitative estimate of drug-likeness (QED) is 0.588. The number of pyridine rings is 1. The third kappa shape index (κ3) is 4.47. The van der Waals surface area contributed by atoms with Crippen LogP contribution in [0.5, 0.6) is 5.75 Å². The second-order valence-electron chi connectivity index (χ2n) is 7.09. The Labute approximate surface area is 174 Å². The SMILES string of the molecule is NC(CC(=O)NC1COc2ccccc21)c1ccc(C(=O)Nc2ccncc2)cc1. The Morgan fingerprint density at radius 3 is 2.57 bits per heavy atom. The molecule has 0 aliphatic carbocycles. The first-order valence-corrected chi connectivity index (χ1v) is 9.68. The minimum atomic E-state index is -0.472. The summed E-state index contributed by atoms with van der Waals surface area (Å²) in [4.78, 5) is 28.7. The lowest BCUT2D eigenvalue weighted by atomic mass is 10.0. The largest absolute Gasteiger partial charge is 0.491 e. The predicted molar refractivity (Wildman–Crippen MR) is 113 cm³/mol. The van der Waals surface area contributed by atoms with Crippen molar-refractivity contribution in [3.63, 3.8) is 0 Å². The highest BCUT2D eigenvalue weighted by atomic mass is 16.5.